The molecule has 100 valence electrons. The highest BCUT2D eigenvalue weighted by atomic mass is 16.1. The molecule has 0 radical (unpaired) electrons. The van der Waals surface area contributed by atoms with Crippen molar-refractivity contribution in [2.75, 3.05) is 0 Å². The lowest BCUT2D eigenvalue weighted by atomic mass is 10.2. The summed E-state index contributed by atoms with van der Waals surface area (Å²) in [7, 11) is 0. The number of aliphatic imine (C=N–C) groups is 1. The zero-order valence-electron chi connectivity index (χ0n) is 10.8. The number of nitrogens with zero attached hydrogens (tertiary/aromatic N) is 3. The van der Waals surface area contributed by atoms with E-state index in [1.165, 1.54) is 6.20 Å². The van der Waals surface area contributed by atoms with Crippen LogP contribution in [0.2, 0.25) is 0 Å². The summed E-state index contributed by atoms with van der Waals surface area (Å²) in [5, 5.41) is 0. The van der Waals surface area contributed by atoms with Crippen LogP contribution < -0.4 is 5.73 Å². The number of carbonyl (C=O) groups is 1. The summed E-state index contributed by atoms with van der Waals surface area (Å²) in [5.74, 6) is 0.0629. The summed E-state index contributed by atoms with van der Waals surface area (Å²) in [6.07, 6.45) is 6.58. The lowest BCUT2D eigenvalue weighted by Gasteiger charge is -2.02. The van der Waals surface area contributed by atoms with Crippen molar-refractivity contribution in [1.29, 1.82) is 0 Å². The number of rotatable bonds is 4. The van der Waals surface area contributed by atoms with Gasteiger partial charge in [0.2, 0.25) is 0 Å². The molecule has 1 saturated carbocycles. The van der Waals surface area contributed by atoms with Gasteiger partial charge in [0.05, 0.1) is 29.0 Å². The van der Waals surface area contributed by atoms with Gasteiger partial charge >= 0.3 is 0 Å². The van der Waals surface area contributed by atoms with Crippen LogP contribution in [0.25, 0.3) is 16.6 Å². The lowest BCUT2D eigenvalue weighted by Crippen LogP contribution is -1.98. The molecule has 0 amide bonds. The molecule has 5 nitrogen and oxygen atoms in total. The first-order chi connectivity index (χ1) is 9.81. The summed E-state index contributed by atoms with van der Waals surface area (Å²) in [4.78, 5) is 23.8. The third kappa shape index (κ3) is 2.42. The summed E-state index contributed by atoms with van der Waals surface area (Å²) in [6, 6.07) is 7.74. The fourth-order valence-electron chi connectivity index (χ4n) is 1.98. The molecule has 1 aliphatic rings. The Morgan fingerprint density at radius 2 is 2.15 bits per heavy atom. The van der Waals surface area contributed by atoms with Gasteiger partial charge in [-0.15, -0.1) is 0 Å². The minimum Gasteiger partial charge on any atom is -0.404 e. The molecule has 1 aromatic heterocycles. The molecule has 1 aliphatic carbocycles. The van der Waals surface area contributed by atoms with Crippen molar-refractivity contribution in [2.24, 2.45) is 16.6 Å². The van der Waals surface area contributed by atoms with Crippen LogP contribution in [0.3, 0.4) is 0 Å². The highest BCUT2D eigenvalue weighted by molar-refractivity contribution is 6.09. The Balaban J connectivity index is 1.86. The number of hydrogen-bond acceptors (Lipinski definition) is 5. The molecule has 2 aromatic rings. The number of fused-ring (bicyclic) bond motifs is 1. The van der Waals surface area contributed by atoms with Crippen LogP contribution in [-0.4, -0.2) is 28.5 Å². The zero-order valence-corrected chi connectivity index (χ0v) is 10.8. The maximum atomic E-state index is 10.6. The van der Waals surface area contributed by atoms with Gasteiger partial charge in [-0.1, -0.05) is 12.1 Å². The van der Waals surface area contributed by atoms with Crippen LogP contribution in [0.1, 0.15) is 12.1 Å². The van der Waals surface area contributed by atoms with E-state index in [-0.39, 0.29) is 12.0 Å². The van der Waals surface area contributed by atoms with Gasteiger partial charge in [-0.3, -0.25) is 9.98 Å². The van der Waals surface area contributed by atoms with E-state index in [1.807, 2.05) is 24.3 Å². The quantitative estimate of drug-likeness (QED) is 0.673. The highest BCUT2D eigenvalue weighted by Crippen LogP contribution is 2.31. The first-order valence-corrected chi connectivity index (χ1v) is 6.44. The molecule has 0 bridgehead atoms. The van der Waals surface area contributed by atoms with Crippen LogP contribution >= 0.6 is 0 Å². The van der Waals surface area contributed by atoms with Crippen LogP contribution in [0.5, 0.6) is 0 Å². The molecular weight excluding hydrogens is 252 g/mol. The Morgan fingerprint density at radius 1 is 1.35 bits per heavy atom. The Morgan fingerprint density at radius 3 is 2.85 bits per heavy atom. The Kier molecular flexibility index (Phi) is 3.25. The van der Waals surface area contributed by atoms with E-state index in [9.17, 15) is 4.79 Å². The van der Waals surface area contributed by atoms with E-state index in [1.54, 1.807) is 12.4 Å². The predicted octanol–water partition coefficient (Wildman–Crippen LogP) is 1.59. The lowest BCUT2D eigenvalue weighted by molar-refractivity contribution is -0.108. The second-order valence-electron chi connectivity index (χ2n) is 4.75. The molecular formula is C15H14N4O. The van der Waals surface area contributed by atoms with E-state index in [2.05, 4.69) is 15.0 Å². The van der Waals surface area contributed by atoms with E-state index in [4.69, 9.17) is 5.73 Å². The van der Waals surface area contributed by atoms with E-state index < -0.39 is 0 Å². The average Bonchev–Trinajstić information content (AvgIpc) is 3.26. The standard InChI is InChI=1S/C15H14N4O/c16-6-11(7-17-14-5-10(14)9-20)15-8-18-12-3-1-2-4-13(12)19-15/h1-4,6-10,14H,5,16H2. The van der Waals surface area contributed by atoms with Gasteiger partial charge in [0.25, 0.3) is 0 Å². The van der Waals surface area contributed by atoms with Crippen molar-refractivity contribution in [3.05, 3.63) is 42.4 Å². The first kappa shape index (κ1) is 12.5. The van der Waals surface area contributed by atoms with Gasteiger partial charge in [0, 0.05) is 23.9 Å². The minimum absolute atomic E-state index is 0.0629. The van der Waals surface area contributed by atoms with Gasteiger partial charge < -0.3 is 10.5 Å². The largest absolute Gasteiger partial charge is 0.404 e. The smallest absolute Gasteiger partial charge is 0.125 e. The summed E-state index contributed by atoms with van der Waals surface area (Å²) >= 11 is 0. The Labute approximate surface area is 116 Å². The fourth-order valence-corrected chi connectivity index (χ4v) is 1.98. The molecule has 1 fully saturated rings. The van der Waals surface area contributed by atoms with Crippen molar-refractivity contribution in [1.82, 2.24) is 9.97 Å². The van der Waals surface area contributed by atoms with Gasteiger partial charge in [-0.25, -0.2) is 4.98 Å². The molecule has 2 N–H and O–H groups in total. The zero-order chi connectivity index (χ0) is 13.9. The first-order valence-electron chi connectivity index (χ1n) is 6.44. The fraction of sp³-hybridized carbons (Fsp3) is 0.200. The molecule has 3 rings (SSSR count). The number of nitrogens with two attached hydrogens (primary N) is 1. The molecule has 5 heteroatoms. The van der Waals surface area contributed by atoms with Crippen molar-refractivity contribution < 1.29 is 4.79 Å². The number of allylic oxidation sites excluding steroid dienone is 1. The van der Waals surface area contributed by atoms with Crippen molar-refractivity contribution in [3.63, 3.8) is 0 Å². The summed E-state index contributed by atoms with van der Waals surface area (Å²) in [5.41, 5.74) is 8.67. The average molecular weight is 266 g/mol. The third-order valence-electron chi connectivity index (χ3n) is 3.31. The summed E-state index contributed by atoms with van der Waals surface area (Å²) < 4.78 is 0. The normalized spacial score (nSPS) is 22.3. The molecule has 2 atom stereocenters. The molecule has 1 aromatic carbocycles. The number of carbonyl (C=O) groups excluding carboxylic acids is 1. The second-order valence-corrected chi connectivity index (χ2v) is 4.75. The second kappa shape index (κ2) is 5.21. The third-order valence-corrected chi connectivity index (χ3v) is 3.31. The van der Waals surface area contributed by atoms with Gasteiger partial charge in [-0.2, -0.15) is 0 Å². The van der Waals surface area contributed by atoms with Gasteiger partial charge in [0.1, 0.15) is 6.29 Å². The molecule has 20 heavy (non-hydrogen) atoms. The molecule has 2 unspecified atom stereocenters. The van der Waals surface area contributed by atoms with Crippen molar-refractivity contribution in [2.45, 2.75) is 12.5 Å². The minimum atomic E-state index is 0.0629. The SMILES string of the molecule is NC=C(C=NC1CC1C=O)c1cnc2ccccc2n1. The molecule has 0 saturated heterocycles. The van der Waals surface area contributed by atoms with Crippen LogP contribution in [0.4, 0.5) is 0 Å². The number of hydrogen-bond donors (Lipinski definition) is 1. The summed E-state index contributed by atoms with van der Waals surface area (Å²) in [6.45, 7) is 0. The van der Waals surface area contributed by atoms with Crippen molar-refractivity contribution >= 4 is 29.1 Å². The Bertz CT molecular complexity index is 708. The number of aldehydes is 1. The van der Waals surface area contributed by atoms with Gasteiger partial charge in [-0.05, 0) is 18.6 Å². The molecule has 0 spiro atoms. The number of benzene rings is 1. The van der Waals surface area contributed by atoms with E-state index in [0.717, 1.165) is 23.7 Å². The van der Waals surface area contributed by atoms with Crippen molar-refractivity contribution in [3.8, 4) is 0 Å². The maximum Gasteiger partial charge on any atom is 0.125 e. The van der Waals surface area contributed by atoms with Crippen LogP contribution in [0.15, 0.2) is 41.7 Å². The van der Waals surface area contributed by atoms with Crippen LogP contribution in [-0.2, 0) is 4.79 Å². The Hall–Kier alpha value is -2.56. The van der Waals surface area contributed by atoms with Crippen LogP contribution in [0, 0.1) is 5.92 Å². The predicted molar refractivity (Wildman–Crippen MR) is 78.2 cm³/mol. The van der Waals surface area contributed by atoms with E-state index >= 15 is 0 Å². The maximum absolute atomic E-state index is 10.6. The number of aromatic nitrogens is 2. The number of para-hydroxylation sites is 2. The molecule has 1 heterocycles. The topological polar surface area (TPSA) is 81.2 Å². The van der Waals surface area contributed by atoms with Gasteiger partial charge in [0.15, 0.2) is 0 Å². The van der Waals surface area contributed by atoms with E-state index in [0.29, 0.717) is 11.3 Å². The highest BCUT2D eigenvalue weighted by Gasteiger charge is 2.36. The molecule has 0 aliphatic heterocycles. The monoisotopic (exact) mass is 266 g/mol.